The molecule has 1 saturated heterocycles. The molecule has 1 atom stereocenters. The number of aromatic nitrogens is 4. The zero-order valence-corrected chi connectivity index (χ0v) is 17.7. The van der Waals surface area contributed by atoms with Crippen molar-refractivity contribution in [2.45, 2.75) is 39.7 Å². The van der Waals surface area contributed by atoms with Crippen LogP contribution in [0.5, 0.6) is 0 Å². The van der Waals surface area contributed by atoms with Crippen LogP contribution in [-0.4, -0.2) is 49.9 Å². The van der Waals surface area contributed by atoms with Crippen molar-refractivity contribution >= 4 is 11.8 Å². The number of carbonyl (C=O) groups is 2. The third kappa shape index (κ3) is 4.82. The van der Waals surface area contributed by atoms with E-state index in [9.17, 15) is 9.59 Å². The normalized spacial score (nSPS) is 16.3. The first kappa shape index (κ1) is 20.8. The predicted molar refractivity (Wildman–Crippen MR) is 112 cm³/mol. The average molecular weight is 422 g/mol. The Bertz CT molecular complexity index is 1060. The molecule has 9 heteroatoms. The number of aryl methyl sites for hydroxylation is 2. The van der Waals surface area contributed by atoms with Gasteiger partial charge in [0.25, 0.3) is 5.91 Å². The van der Waals surface area contributed by atoms with Crippen molar-refractivity contribution in [3.05, 3.63) is 59.2 Å². The summed E-state index contributed by atoms with van der Waals surface area (Å²) < 4.78 is 6.41. The minimum absolute atomic E-state index is 0.0113. The Balaban J connectivity index is 1.37. The van der Waals surface area contributed by atoms with Crippen molar-refractivity contribution in [1.82, 2.24) is 30.3 Å². The number of piperidine rings is 1. The molecule has 3 aromatic rings. The van der Waals surface area contributed by atoms with Gasteiger partial charge in [-0.1, -0.05) is 16.4 Å². The average Bonchev–Trinajstić information content (AvgIpc) is 3.44. The summed E-state index contributed by atoms with van der Waals surface area (Å²) in [7, 11) is 0. The van der Waals surface area contributed by atoms with Gasteiger partial charge in [0.1, 0.15) is 11.4 Å². The van der Waals surface area contributed by atoms with Crippen LogP contribution in [0.2, 0.25) is 0 Å². The lowest BCUT2D eigenvalue weighted by molar-refractivity contribution is -0.122. The molecule has 0 radical (unpaired) electrons. The molecule has 162 valence electrons. The summed E-state index contributed by atoms with van der Waals surface area (Å²) in [5.74, 6) is 0.0612. The van der Waals surface area contributed by atoms with Crippen molar-refractivity contribution in [2.24, 2.45) is 5.92 Å². The standard InChI is InChI=1S/C22H26N6O3/c1-15-6-7-18(12-20(15)28-10-4-8-24-28)22(30)27-9-3-5-17(14-27)11-21(29)23-13-19-16(2)25-31-26-19/h4,6-8,10,12,17H,3,5,9,11,13-14H2,1-2H3,(H,23,29)/t17-/m1/s1. The van der Waals surface area contributed by atoms with E-state index in [1.807, 2.05) is 42.3 Å². The Kier molecular flexibility index (Phi) is 6.11. The molecule has 1 aliphatic heterocycles. The fourth-order valence-electron chi connectivity index (χ4n) is 3.93. The number of nitrogens with one attached hydrogen (secondary N) is 1. The van der Waals surface area contributed by atoms with Crippen LogP contribution in [-0.2, 0) is 11.3 Å². The number of hydrogen-bond acceptors (Lipinski definition) is 6. The number of nitrogens with zero attached hydrogens (tertiary/aromatic N) is 5. The Morgan fingerprint density at radius 2 is 2.13 bits per heavy atom. The van der Waals surface area contributed by atoms with Crippen molar-refractivity contribution in [3.63, 3.8) is 0 Å². The Morgan fingerprint density at radius 1 is 1.26 bits per heavy atom. The Hall–Kier alpha value is -3.49. The summed E-state index contributed by atoms with van der Waals surface area (Å²) in [4.78, 5) is 27.4. The molecule has 0 bridgehead atoms. The minimum Gasteiger partial charge on any atom is -0.350 e. The molecule has 3 heterocycles. The Labute approximate surface area is 180 Å². The van der Waals surface area contributed by atoms with Gasteiger partial charge in [-0.15, -0.1) is 0 Å². The van der Waals surface area contributed by atoms with E-state index in [0.29, 0.717) is 43.0 Å². The molecule has 31 heavy (non-hydrogen) atoms. The van der Waals surface area contributed by atoms with E-state index in [-0.39, 0.29) is 17.7 Å². The van der Waals surface area contributed by atoms with E-state index < -0.39 is 0 Å². The highest BCUT2D eigenvalue weighted by atomic mass is 16.6. The van der Waals surface area contributed by atoms with Crippen LogP contribution in [0, 0.1) is 19.8 Å². The van der Waals surface area contributed by atoms with Gasteiger partial charge in [0.2, 0.25) is 5.91 Å². The first-order valence-corrected chi connectivity index (χ1v) is 10.5. The fraction of sp³-hybridized carbons (Fsp3) is 0.409. The van der Waals surface area contributed by atoms with Gasteiger partial charge in [-0.2, -0.15) is 5.10 Å². The second kappa shape index (κ2) is 9.11. The van der Waals surface area contributed by atoms with Crippen LogP contribution in [0.15, 0.2) is 41.3 Å². The minimum atomic E-state index is -0.0574. The van der Waals surface area contributed by atoms with E-state index >= 15 is 0 Å². The van der Waals surface area contributed by atoms with Gasteiger partial charge in [0, 0.05) is 37.5 Å². The van der Waals surface area contributed by atoms with Crippen LogP contribution in [0.25, 0.3) is 5.69 Å². The van der Waals surface area contributed by atoms with E-state index in [1.165, 1.54) is 0 Å². The summed E-state index contributed by atoms with van der Waals surface area (Å²) >= 11 is 0. The number of carbonyl (C=O) groups excluding carboxylic acids is 2. The SMILES string of the molecule is Cc1ccc(C(=O)N2CCC[C@H](CC(=O)NCc3nonc3C)C2)cc1-n1cccn1. The van der Waals surface area contributed by atoms with Gasteiger partial charge >= 0.3 is 0 Å². The predicted octanol–water partition coefficient (Wildman–Crippen LogP) is 2.43. The van der Waals surface area contributed by atoms with Gasteiger partial charge in [-0.25, -0.2) is 9.31 Å². The Morgan fingerprint density at radius 3 is 2.87 bits per heavy atom. The number of likely N-dealkylation sites (tertiary alicyclic amines) is 1. The molecule has 0 unspecified atom stereocenters. The van der Waals surface area contributed by atoms with Crippen LogP contribution in [0.3, 0.4) is 0 Å². The lowest BCUT2D eigenvalue weighted by Crippen LogP contribution is -2.41. The number of benzene rings is 1. The molecule has 4 rings (SSSR count). The zero-order valence-electron chi connectivity index (χ0n) is 17.7. The van der Waals surface area contributed by atoms with E-state index in [2.05, 4.69) is 25.4 Å². The van der Waals surface area contributed by atoms with E-state index in [1.54, 1.807) is 17.8 Å². The highest BCUT2D eigenvalue weighted by Gasteiger charge is 2.26. The second-order valence-corrected chi connectivity index (χ2v) is 7.99. The molecule has 1 aliphatic rings. The summed E-state index contributed by atoms with van der Waals surface area (Å²) in [6.45, 7) is 5.35. The molecule has 0 spiro atoms. The molecular weight excluding hydrogens is 396 g/mol. The molecule has 0 aliphatic carbocycles. The number of hydrogen-bond donors (Lipinski definition) is 1. The van der Waals surface area contributed by atoms with Crippen LogP contribution in [0.1, 0.15) is 46.6 Å². The van der Waals surface area contributed by atoms with Crippen LogP contribution in [0.4, 0.5) is 0 Å². The molecule has 2 amide bonds. The van der Waals surface area contributed by atoms with Gasteiger partial charge in [0.15, 0.2) is 0 Å². The maximum atomic E-state index is 13.2. The smallest absolute Gasteiger partial charge is 0.253 e. The van der Waals surface area contributed by atoms with Crippen molar-refractivity contribution in [1.29, 1.82) is 0 Å². The molecule has 2 aromatic heterocycles. The summed E-state index contributed by atoms with van der Waals surface area (Å²) in [5, 5.41) is 14.6. The lowest BCUT2D eigenvalue weighted by atomic mass is 9.93. The van der Waals surface area contributed by atoms with Crippen molar-refractivity contribution in [3.8, 4) is 5.69 Å². The summed E-state index contributed by atoms with van der Waals surface area (Å²) in [6.07, 6.45) is 5.76. The molecule has 9 nitrogen and oxygen atoms in total. The molecule has 1 fully saturated rings. The summed E-state index contributed by atoms with van der Waals surface area (Å²) in [5.41, 5.74) is 3.87. The lowest BCUT2D eigenvalue weighted by Gasteiger charge is -2.32. The maximum absolute atomic E-state index is 13.2. The molecule has 1 N–H and O–H groups in total. The van der Waals surface area contributed by atoms with Crippen molar-refractivity contribution in [2.75, 3.05) is 13.1 Å². The second-order valence-electron chi connectivity index (χ2n) is 7.99. The maximum Gasteiger partial charge on any atom is 0.253 e. The third-order valence-corrected chi connectivity index (χ3v) is 5.69. The van der Waals surface area contributed by atoms with E-state index in [0.717, 1.165) is 24.1 Å². The first-order valence-electron chi connectivity index (χ1n) is 10.5. The zero-order chi connectivity index (χ0) is 21.8. The summed E-state index contributed by atoms with van der Waals surface area (Å²) in [6, 6.07) is 7.54. The highest BCUT2D eigenvalue weighted by molar-refractivity contribution is 5.95. The van der Waals surface area contributed by atoms with Gasteiger partial charge in [0.05, 0.1) is 12.2 Å². The monoisotopic (exact) mass is 422 g/mol. The quantitative estimate of drug-likeness (QED) is 0.654. The molecular formula is C22H26N6O3. The van der Waals surface area contributed by atoms with Gasteiger partial charge in [-0.05, 0) is 56.4 Å². The van der Waals surface area contributed by atoms with Crippen LogP contribution < -0.4 is 5.32 Å². The number of rotatable bonds is 6. The van der Waals surface area contributed by atoms with Crippen LogP contribution >= 0.6 is 0 Å². The third-order valence-electron chi connectivity index (χ3n) is 5.69. The number of amides is 2. The molecule has 1 aromatic carbocycles. The topological polar surface area (TPSA) is 106 Å². The van der Waals surface area contributed by atoms with Crippen molar-refractivity contribution < 1.29 is 14.2 Å². The van der Waals surface area contributed by atoms with E-state index in [4.69, 9.17) is 0 Å². The first-order chi connectivity index (χ1) is 15.0. The fourth-order valence-corrected chi connectivity index (χ4v) is 3.93. The van der Waals surface area contributed by atoms with Gasteiger partial charge in [-0.3, -0.25) is 9.59 Å². The largest absolute Gasteiger partial charge is 0.350 e. The molecule has 0 saturated carbocycles. The van der Waals surface area contributed by atoms with Gasteiger partial charge < -0.3 is 10.2 Å². The highest BCUT2D eigenvalue weighted by Crippen LogP contribution is 2.23.